The summed E-state index contributed by atoms with van der Waals surface area (Å²) in [5.74, 6) is 0.871. The number of methoxy groups -OCH3 is 1. The van der Waals surface area contributed by atoms with Gasteiger partial charge in [-0.25, -0.2) is 0 Å². The van der Waals surface area contributed by atoms with Crippen molar-refractivity contribution in [1.29, 1.82) is 0 Å². The average Bonchev–Trinajstić information content (AvgIpc) is 3.02. The molecule has 0 radical (unpaired) electrons. The molecule has 0 unspecified atom stereocenters. The minimum Gasteiger partial charge on any atom is -0.497 e. The second-order valence-corrected chi connectivity index (χ2v) is 5.49. The number of hydrogen-bond donors (Lipinski definition) is 0. The first-order chi connectivity index (χ1) is 11.4. The van der Waals surface area contributed by atoms with Crippen molar-refractivity contribution in [2.75, 3.05) is 7.11 Å². The molecule has 0 aliphatic heterocycles. The number of aromatic nitrogens is 1. The van der Waals surface area contributed by atoms with Crippen LogP contribution in [0.3, 0.4) is 0 Å². The molecule has 0 bridgehead atoms. The lowest BCUT2D eigenvalue weighted by Crippen LogP contribution is -1.96. The Hall–Kier alpha value is -3.00. The Bertz CT molecular complexity index is 937. The zero-order chi connectivity index (χ0) is 15.6. The monoisotopic (exact) mass is 299 g/mol. The molecule has 0 saturated carbocycles. The van der Waals surface area contributed by atoms with Crippen molar-refractivity contribution in [2.24, 2.45) is 0 Å². The Morgan fingerprint density at radius 2 is 1.43 bits per heavy atom. The Labute approximate surface area is 135 Å². The van der Waals surface area contributed by atoms with E-state index in [1.54, 1.807) is 7.11 Å². The molecular weight excluding hydrogens is 282 g/mol. The second-order valence-electron chi connectivity index (χ2n) is 5.49. The van der Waals surface area contributed by atoms with Gasteiger partial charge in [-0.05, 0) is 54.1 Å². The predicted octanol–water partition coefficient (Wildman–Crippen LogP) is 5.31. The molecule has 0 fully saturated rings. The first kappa shape index (κ1) is 13.6. The van der Waals surface area contributed by atoms with Gasteiger partial charge in [0, 0.05) is 11.1 Å². The summed E-state index contributed by atoms with van der Waals surface area (Å²) in [5, 5.41) is 1.24. The van der Waals surface area contributed by atoms with Gasteiger partial charge in [-0.1, -0.05) is 36.4 Å². The van der Waals surface area contributed by atoms with Gasteiger partial charge in [0.2, 0.25) is 0 Å². The molecule has 1 aromatic heterocycles. The minimum atomic E-state index is 0.871. The van der Waals surface area contributed by atoms with Crippen molar-refractivity contribution in [3.8, 4) is 22.7 Å². The molecule has 4 rings (SSSR count). The number of ether oxygens (including phenoxy) is 1. The van der Waals surface area contributed by atoms with Crippen LogP contribution >= 0.6 is 0 Å². The highest BCUT2D eigenvalue weighted by Gasteiger charge is 2.11. The van der Waals surface area contributed by atoms with Crippen molar-refractivity contribution in [3.05, 3.63) is 84.9 Å². The van der Waals surface area contributed by atoms with Crippen LogP contribution in [-0.4, -0.2) is 11.7 Å². The molecule has 1 heterocycles. The Kier molecular flexibility index (Phi) is 3.35. The summed E-state index contributed by atoms with van der Waals surface area (Å²) in [6, 6.07) is 29.4. The Morgan fingerprint density at radius 3 is 2.17 bits per heavy atom. The van der Waals surface area contributed by atoms with Crippen LogP contribution in [0.5, 0.6) is 5.75 Å². The summed E-state index contributed by atoms with van der Waals surface area (Å²) >= 11 is 0. The van der Waals surface area contributed by atoms with Crippen LogP contribution < -0.4 is 4.74 Å². The van der Waals surface area contributed by atoms with Crippen LogP contribution in [0.4, 0.5) is 0 Å². The van der Waals surface area contributed by atoms with Crippen molar-refractivity contribution >= 4 is 10.9 Å². The van der Waals surface area contributed by atoms with Gasteiger partial charge in [0.1, 0.15) is 5.75 Å². The fourth-order valence-electron chi connectivity index (χ4n) is 2.98. The van der Waals surface area contributed by atoms with E-state index >= 15 is 0 Å². The normalized spacial score (nSPS) is 10.8. The molecule has 0 aliphatic carbocycles. The molecule has 112 valence electrons. The van der Waals surface area contributed by atoms with E-state index in [0.29, 0.717) is 0 Å². The Balaban J connectivity index is 1.98. The van der Waals surface area contributed by atoms with Crippen LogP contribution in [0.25, 0.3) is 27.8 Å². The summed E-state index contributed by atoms with van der Waals surface area (Å²) in [7, 11) is 1.69. The van der Waals surface area contributed by atoms with E-state index < -0.39 is 0 Å². The zero-order valence-corrected chi connectivity index (χ0v) is 12.9. The molecule has 0 amide bonds. The van der Waals surface area contributed by atoms with Gasteiger partial charge in [0.15, 0.2) is 0 Å². The first-order valence-electron chi connectivity index (χ1n) is 7.67. The van der Waals surface area contributed by atoms with Gasteiger partial charge >= 0.3 is 0 Å². The van der Waals surface area contributed by atoms with Crippen LogP contribution in [0.15, 0.2) is 84.9 Å². The SMILES string of the molecule is COc1ccc(-c2cc3ccccc3n2-c2ccccc2)cc1. The highest BCUT2D eigenvalue weighted by molar-refractivity contribution is 5.89. The lowest BCUT2D eigenvalue weighted by Gasteiger charge is -2.11. The molecule has 4 aromatic rings. The van der Waals surface area contributed by atoms with Gasteiger partial charge in [0.05, 0.1) is 18.3 Å². The molecule has 23 heavy (non-hydrogen) atoms. The van der Waals surface area contributed by atoms with Crippen LogP contribution in [0.1, 0.15) is 0 Å². The van der Waals surface area contributed by atoms with E-state index in [2.05, 4.69) is 71.3 Å². The molecule has 0 atom stereocenters. The topological polar surface area (TPSA) is 14.2 Å². The summed E-state index contributed by atoms with van der Waals surface area (Å²) in [6.07, 6.45) is 0. The molecule has 2 nitrogen and oxygen atoms in total. The maximum absolute atomic E-state index is 5.27. The van der Waals surface area contributed by atoms with E-state index in [0.717, 1.165) is 5.75 Å². The molecule has 3 aromatic carbocycles. The highest BCUT2D eigenvalue weighted by atomic mass is 16.5. The van der Waals surface area contributed by atoms with Gasteiger partial charge < -0.3 is 9.30 Å². The van der Waals surface area contributed by atoms with E-state index in [1.165, 1.54) is 27.8 Å². The third-order valence-electron chi connectivity index (χ3n) is 4.11. The fourth-order valence-corrected chi connectivity index (χ4v) is 2.98. The molecule has 0 aliphatic rings. The number of para-hydroxylation sites is 2. The van der Waals surface area contributed by atoms with Gasteiger partial charge in [-0.2, -0.15) is 0 Å². The number of hydrogen-bond acceptors (Lipinski definition) is 1. The standard InChI is InChI=1S/C21H17NO/c1-23-19-13-11-16(12-14-19)21-15-17-7-5-6-10-20(17)22(21)18-8-3-2-4-9-18/h2-15H,1H3. The van der Waals surface area contributed by atoms with Crippen molar-refractivity contribution in [3.63, 3.8) is 0 Å². The van der Waals surface area contributed by atoms with E-state index in [9.17, 15) is 0 Å². The number of rotatable bonds is 3. The summed E-state index contributed by atoms with van der Waals surface area (Å²) in [6.45, 7) is 0. The number of benzene rings is 3. The molecular formula is C21H17NO. The van der Waals surface area contributed by atoms with Crippen LogP contribution in [0.2, 0.25) is 0 Å². The van der Waals surface area contributed by atoms with Crippen LogP contribution in [0, 0.1) is 0 Å². The van der Waals surface area contributed by atoms with E-state index in [-0.39, 0.29) is 0 Å². The average molecular weight is 299 g/mol. The zero-order valence-electron chi connectivity index (χ0n) is 12.9. The summed E-state index contributed by atoms with van der Waals surface area (Å²) < 4.78 is 7.57. The minimum absolute atomic E-state index is 0.871. The van der Waals surface area contributed by atoms with Crippen LogP contribution in [-0.2, 0) is 0 Å². The van der Waals surface area contributed by atoms with Crippen molar-refractivity contribution in [1.82, 2.24) is 4.57 Å². The predicted molar refractivity (Wildman–Crippen MR) is 95.3 cm³/mol. The van der Waals surface area contributed by atoms with Gasteiger partial charge in [-0.3, -0.25) is 0 Å². The van der Waals surface area contributed by atoms with Gasteiger partial charge in [-0.15, -0.1) is 0 Å². The lowest BCUT2D eigenvalue weighted by atomic mass is 10.1. The molecule has 0 spiro atoms. The third kappa shape index (κ3) is 2.38. The summed E-state index contributed by atoms with van der Waals surface area (Å²) in [4.78, 5) is 0. The maximum Gasteiger partial charge on any atom is 0.118 e. The quantitative estimate of drug-likeness (QED) is 0.500. The lowest BCUT2D eigenvalue weighted by molar-refractivity contribution is 0.415. The number of fused-ring (bicyclic) bond motifs is 1. The van der Waals surface area contributed by atoms with E-state index in [4.69, 9.17) is 4.74 Å². The third-order valence-corrected chi connectivity index (χ3v) is 4.11. The fraction of sp³-hybridized carbons (Fsp3) is 0.0476. The molecule has 2 heteroatoms. The second kappa shape index (κ2) is 5.65. The maximum atomic E-state index is 5.27. The highest BCUT2D eigenvalue weighted by Crippen LogP contribution is 2.32. The Morgan fingerprint density at radius 1 is 0.739 bits per heavy atom. The van der Waals surface area contributed by atoms with Crippen molar-refractivity contribution in [2.45, 2.75) is 0 Å². The first-order valence-corrected chi connectivity index (χ1v) is 7.67. The van der Waals surface area contributed by atoms with Gasteiger partial charge in [0.25, 0.3) is 0 Å². The van der Waals surface area contributed by atoms with E-state index in [1.807, 2.05) is 18.2 Å². The molecule has 0 N–H and O–H groups in total. The largest absolute Gasteiger partial charge is 0.497 e. The van der Waals surface area contributed by atoms with Crippen molar-refractivity contribution < 1.29 is 4.74 Å². The molecule has 0 saturated heterocycles. The smallest absolute Gasteiger partial charge is 0.118 e. The summed E-state index contributed by atoms with van der Waals surface area (Å²) in [5.41, 5.74) is 4.73. The number of nitrogens with zero attached hydrogens (tertiary/aromatic N) is 1.